The van der Waals surface area contributed by atoms with Gasteiger partial charge in [0, 0.05) is 5.56 Å². The van der Waals surface area contributed by atoms with Gasteiger partial charge in [0.25, 0.3) is 0 Å². The zero-order valence-electron chi connectivity index (χ0n) is 10.3. The second-order valence-corrected chi connectivity index (χ2v) is 5.52. The maximum Gasteiger partial charge on any atom is 0.147 e. The third-order valence-corrected chi connectivity index (χ3v) is 3.83. The number of nitrogens with zero attached hydrogens (tertiary/aromatic N) is 2. The summed E-state index contributed by atoms with van der Waals surface area (Å²) in [6.07, 6.45) is 0. The van der Waals surface area contributed by atoms with Crippen molar-refractivity contribution >= 4 is 11.3 Å². The van der Waals surface area contributed by atoms with Gasteiger partial charge in [-0.3, -0.25) is 0 Å². The van der Waals surface area contributed by atoms with Crippen molar-refractivity contribution in [3.8, 4) is 10.6 Å². The van der Waals surface area contributed by atoms with Crippen molar-refractivity contribution in [1.82, 2.24) is 10.2 Å². The summed E-state index contributed by atoms with van der Waals surface area (Å²) in [6, 6.07) is 8.44. The first-order valence-electron chi connectivity index (χ1n) is 5.77. The summed E-state index contributed by atoms with van der Waals surface area (Å²) in [5.41, 5.74) is 8.23. The van der Waals surface area contributed by atoms with Crippen molar-refractivity contribution in [2.75, 3.05) is 0 Å². The van der Waals surface area contributed by atoms with Crippen LogP contribution < -0.4 is 5.73 Å². The average molecular weight is 247 g/mol. The predicted octanol–water partition coefficient (Wildman–Crippen LogP) is 3.35. The van der Waals surface area contributed by atoms with Crippen molar-refractivity contribution in [2.45, 2.75) is 32.7 Å². The molecular formula is C13H17N3S. The zero-order valence-corrected chi connectivity index (χ0v) is 11.2. The molecule has 2 aromatic rings. The van der Waals surface area contributed by atoms with Gasteiger partial charge in [-0.1, -0.05) is 49.4 Å². The molecule has 1 unspecified atom stereocenters. The summed E-state index contributed by atoms with van der Waals surface area (Å²) in [7, 11) is 0. The summed E-state index contributed by atoms with van der Waals surface area (Å²) >= 11 is 1.56. The molecule has 1 atom stereocenters. The van der Waals surface area contributed by atoms with Gasteiger partial charge in [-0.2, -0.15) is 0 Å². The Bertz CT molecular complexity index is 486. The average Bonchev–Trinajstić information content (AvgIpc) is 2.78. The van der Waals surface area contributed by atoms with Crippen LogP contribution >= 0.6 is 11.3 Å². The minimum atomic E-state index is -0.0452. The maximum absolute atomic E-state index is 5.78. The van der Waals surface area contributed by atoms with E-state index in [4.69, 9.17) is 5.73 Å². The van der Waals surface area contributed by atoms with Crippen LogP contribution in [0.15, 0.2) is 24.3 Å². The maximum atomic E-state index is 5.78. The summed E-state index contributed by atoms with van der Waals surface area (Å²) in [5, 5.41) is 10.1. The summed E-state index contributed by atoms with van der Waals surface area (Å²) in [4.78, 5) is 0. The molecule has 3 nitrogen and oxygen atoms in total. The Morgan fingerprint density at radius 3 is 2.18 bits per heavy atom. The Balaban J connectivity index is 2.27. The SMILES string of the molecule is CC(C)c1ccc(-c2nnc(C(C)N)s2)cc1. The summed E-state index contributed by atoms with van der Waals surface area (Å²) < 4.78 is 0. The highest BCUT2D eigenvalue weighted by Gasteiger charge is 2.09. The molecule has 17 heavy (non-hydrogen) atoms. The molecule has 0 saturated heterocycles. The molecule has 0 fully saturated rings. The Labute approximate surface area is 106 Å². The molecule has 1 aromatic heterocycles. The number of aromatic nitrogens is 2. The molecular weight excluding hydrogens is 230 g/mol. The summed E-state index contributed by atoms with van der Waals surface area (Å²) in [5.74, 6) is 0.554. The zero-order chi connectivity index (χ0) is 12.4. The largest absolute Gasteiger partial charge is 0.322 e. The highest BCUT2D eigenvalue weighted by atomic mass is 32.1. The number of hydrogen-bond donors (Lipinski definition) is 1. The molecule has 0 aliphatic heterocycles. The predicted molar refractivity (Wildman–Crippen MR) is 72.0 cm³/mol. The topological polar surface area (TPSA) is 51.8 Å². The van der Waals surface area contributed by atoms with Crippen molar-refractivity contribution < 1.29 is 0 Å². The first kappa shape index (κ1) is 12.2. The van der Waals surface area contributed by atoms with Gasteiger partial charge in [0.15, 0.2) is 0 Å². The number of benzene rings is 1. The van der Waals surface area contributed by atoms with E-state index < -0.39 is 0 Å². The van der Waals surface area contributed by atoms with Crippen LogP contribution in [0.3, 0.4) is 0 Å². The normalized spacial score (nSPS) is 13.0. The molecule has 4 heteroatoms. The standard InChI is InChI=1S/C13H17N3S/c1-8(2)10-4-6-11(7-5-10)13-16-15-12(17-13)9(3)14/h4-9H,14H2,1-3H3. The van der Waals surface area contributed by atoms with Crippen molar-refractivity contribution in [3.63, 3.8) is 0 Å². The monoisotopic (exact) mass is 247 g/mol. The molecule has 2 N–H and O–H groups in total. The Morgan fingerprint density at radius 1 is 1.06 bits per heavy atom. The van der Waals surface area contributed by atoms with E-state index in [0.29, 0.717) is 5.92 Å². The molecule has 0 bridgehead atoms. The fraction of sp³-hybridized carbons (Fsp3) is 0.385. The van der Waals surface area contributed by atoms with E-state index >= 15 is 0 Å². The van der Waals surface area contributed by atoms with E-state index in [0.717, 1.165) is 15.6 Å². The van der Waals surface area contributed by atoms with Crippen LogP contribution in [-0.2, 0) is 0 Å². The Hall–Kier alpha value is -1.26. The minimum absolute atomic E-state index is 0.0452. The van der Waals surface area contributed by atoms with Crippen LogP contribution in [-0.4, -0.2) is 10.2 Å². The van der Waals surface area contributed by atoms with E-state index in [2.05, 4.69) is 48.3 Å². The highest BCUT2D eigenvalue weighted by Crippen LogP contribution is 2.27. The molecule has 1 aromatic carbocycles. The van der Waals surface area contributed by atoms with E-state index in [1.54, 1.807) is 11.3 Å². The second-order valence-electron chi connectivity index (χ2n) is 4.51. The smallest absolute Gasteiger partial charge is 0.147 e. The second kappa shape index (κ2) is 4.94. The first-order chi connectivity index (χ1) is 8.08. The molecule has 1 heterocycles. The van der Waals surface area contributed by atoms with Crippen LogP contribution in [0, 0.1) is 0 Å². The van der Waals surface area contributed by atoms with Crippen LogP contribution in [0.25, 0.3) is 10.6 Å². The third-order valence-electron chi connectivity index (χ3n) is 2.65. The molecule has 0 aliphatic carbocycles. The fourth-order valence-corrected chi connectivity index (χ4v) is 2.35. The van der Waals surface area contributed by atoms with E-state index in [-0.39, 0.29) is 6.04 Å². The van der Waals surface area contributed by atoms with Gasteiger partial charge in [-0.05, 0) is 18.4 Å². The van der Waals surface area contributed by atoms with Crippen molar-refractivity contribution in [1.29, 1.82) is 0 Å². The van der Waals surface area contributed by atoms with Gasteiger partial charge in [-0.15, -0.1) is 10.2 Å². The fourth-order valence-electron chi connectivity index (χ4n) is 1.55. The van der Waals surface area contributed by atoms with E-state index in [1.165, 1.54) is 5.56 Å². The van der Waals surface area contributed by atoms with Gasteiger partial charge in [-0.25, -0.2) is 0 Å². The lowest BCUT2D eigenvalue weighted by Gasteiger charge is -2.04. The lowest BCUT2D eigenvalue weighted by Crippen LogP contribution is -2.03. The minimum Gasteiger partial charge on any atom is -0.322 e. The highest BCUT2D eigenvalue weighted by molar-refractivity contribution is 7.14. The number of nitrogens with two attached hydrogens (primary N) is 1. The van der Waals surface area contributed by atoms with Crippen LogP contribution in [0.2, 0.25) is 0 Å². The molecule has 0 amide bonds. The molecule has 2 rings (SSSR count). The van der Waals surface area contributed by atoms with Crippen LogP contribution in [0.4, 0.5) is 0 Å². The van der Waals surface area contributed by atoms with Gasteiger partial charge >= 0.3 is 0 Å². The molecule has 0 aliphatic rings. The number of rotatable bonds is 3. The lowest BCUT2D eigenvalue weighted by atomic mass is 10.0. The van der Waals surface area contributed by atoms with Gasteiger partial charge < -0.3 is 5.73 Å². The van der Waals surface area contributed by atoms with Crippen molar-refractivity contribution in [3.05, 3.63) is 34.8 Å². The quantitative estimate of drug-likeness (QED) is 0.905. The summed E-state index contributed by atoms with van der Waals surface area (Å²) in [6.45, 7) is 6.30. The Kier molecular flexibility index (Phi) is 3.54. The van der Waals surface area contributed by atoms with Gasteiger partial charge in [0.2, 0.25) is 0 Å². The van der Waals surface area contributed by atoms with Crippen LogP contribution in [0.5, 0.6) is 0 Å². The van der Waals surface area contributed by atoms with E-state index in [1.807, 2.05) is 6.92 Å². The lowest BCUT2D eigenvalue weighted by molar-refractivity contribution is 0.786. The molecule has 0 radical (unpaired) electrons. The van der Waals surface area contributed by atoms with Crippen LogP contribution in [0.1, 0.15) is 43.3 Å². The van der Waals surface area contributed by atoms with E-state index in [9.17, 15) is 0 Å². The third kappa shape index (κ3) is 2.70. The van der Waals surface area contributed by atoms with Crippen molar-refractivity contribution in [2.24, 2.45) is 5.73 Å². The first-order valence-corrected chi connectivity index (χ1v) is 6.59. The molecule has 90 valence electrons. The Morgan fingerprint density at radius 2 is 1.71 bits per heavy atom. The van der Waals surface area contributed by atoms with Gasteiger partial charge in [0.05, 0.1) is 6.04 Å². The number of hydrogen-bond acceptors (Lipinski definition) is 4. The van der Waals surface area contributed by atoms with Gasteiger partial charge in [0.1, 0.15) is 10.0 Å². The molecule has 0 saturated carbocycles. The molecule has 0 spiro atoms.